The molecule has 0 atom stereocenters. The summed E-state index contributed by atoms with van der Waals surface area (Å²) >= 11 is 0. The predicted molar refractivity (Wildman–Crippen MR) is 214 cm³/mol. The van der Waals surface area contributed by atoms with Gasteiger partial charge in [0, 0.05) is 23.0 Å². The van der Waals surface area contributed by atoms with E-state index in [0.29, 0.717) is 6.67 Å². The lowest BCUT2D eigenvalue weighted by molar-refractivity contribution is 0.913. The molecule has 246 valence electrons. The van der Waals surface area contributed by atoms with Crippen LogP contribution in [0.2, 0.25) is 0 Å². The quantitative estimate of drug-likeness (QED) is 0.156. The minimum atomic E-state index is -0.00802. The van der Waals surface area contributed by atoms with Gasteiger partial charge in [0.25, 0.3) is 0 Å². The van der Waals surface area contributed by atoms with Crippen molar-refractivity contribution in [3.05, 3.63) is 186 Å². The van der Waals surface area contributed by atoms with Crippen LogP contribution in [0, 0.1) is 20.8 Å². The van der Waals surface area contributed by atoms with Gasteiger partial charge in [0.15, 0.2) is 11.7 Å². The van der Waals surface area contributed by atoms with Gasteiger partial charge in [-0.1, -0.05) is 160 Å². The second kappa shape index (κ2) is 13.9. The molecular formula is C45H38BN5. The number of hydrogen-bond acceptors (Lipinski definition) is 5. The lowest BCUT2D eigenvalue weighted by Gasteiger charge is -2.24. The maximum absolute atomic E-state index is 5.23. The first kappa shape index (κ1) is 32.0. The molecule has 0 spiro atoms. The lowest BCUT2D eigenvalue weighted by atomic mass is 9.35. The van der Waals surface area contributed by atoms with Gasteiger partial charge in [-0.2, -0.15) is 5.10 Å². The number of aryl methyl sites for hydroxylation is 3. The molecule has 51 heavy (non-hydrogen) atoms. The third kappa shape index (κ3) is 6.56. The third-order valence-corrected chi connectivity index (χ3v) is 9.58. The Morgan fingerprint density at radius 2 is 1.14 bits per heavy atom. The lowest BCUT2D eigenvalue weighted by Crippen LogP contribution is -2.54. The molecule has 0 saturated carbocycles. The number of hydrogen-bond donors (Lipinski definition) is 0. The molecule has 0 N–H and O–H groups in total. The maximum atomic E-state index is 5.23. The average Bonchev–Trinajstić information content (AvgIpc) is 3.63. The maximum Gasteiger partial charge on any atom is 0.242 e. The van der Waals surface area contributed by atoms with E-state index in [0.717, 1.165) is 45.4 Å². The molecule has 6 aromatic carbocycles. The zero-order valence-corrected chi connectivity index (χ0v) is 29.1. The first-order valence-corrected chi connectivity index (χ1v) is 17.4. The molecule has 0 saturated heterocycles. The molecule has 7 aromatic rings. The summed E-state index contributed by atoms with van der Waals surface area (Å²) in [5, 5.41) is 7.35. The minimum absolute atomic E-state index is 0.00802. The molecule has 0 aliphatic carbocycles. The molecule has 8 rings (SSSR count). The Morgan fingerprint density at radius 1 is 0.549 bits per heavy atom. The second-order valence-corrected chi connectivity index (χ2v) is 13.2. The Balaban J connectivity index is 1.22. The van der Waals surface area contributed by atoms with Crippen molar-refractivity contribution in [3.63, 3.8) is 0 Å². The van der Waals surface area contributed by atoms with Crippen LogP contribution in [0.4, 0.5) is 11.4 Å². The average molecular weight is 660 g/mol. The highest BCUT2D eigenvalue weighted by Gasteiger charge is 2.29. The molecule has 0 radical (unpaired) electrons. The Bertz CT molecular complexity index is 2320. The molecule has 0 bridgehead atoms. The van der Waals surface area contributed by atoms with E-state index in [-0.39, 0.29) is 6.71 Å². The van der Waals surface area contributed by atoms with E-state index in [1.165, 1.54) is 33.1 Å². The summed E-state index contributed by atoms with van der Waals surface area (Å²) in [4.78, 5) is 11.9. The summed E-state index contributed by atoms with van der Waals surface area (Å²) < 4.78 is 0. The smallest absolute Gasteiger partial charge is 0.242 e. The van der Waals surface area contributed by atoms with Crippen LogP contribution in [0.15, 0.2) is 169 Å². The predicted octanol–water partition coefficient (Wildman–Crippen LogP) is 7.90. The van der Waals surface area contributed by atoms with Gasteiger partial charge in [0.1, 0.15) is 6.67 Å². The van der Waals surface area contributed by atoms with E-state index in [1.807, 2.05) is 48.7 Å². The molecule has 2 heterocycles. The number of rotatable bonds is 8. The summed E-state index contributed by atoms with van der Waals surface area (Å²) in [6.45, 7) is 7.25. The minimum Gasteiger partial charge on any atom is -0.304 e. The van der Waals surface area contributed by atoms with Crippen LogP contribution in [0.25, 0.3) is 22.6 Å². The third-order valence-electron chi connectivity index (χ3n) is 9.58. The summed E-state index contributed by atoms with van der Waals surface area (Å²) in [7, 11) is 0. The van der Waals surface area contributed by atoms with Crippen LogP contribution in [-0.2, 0) is 0 Å². The van der Waals surface area contributed by atoms with E-state index >= 15 is 0 Å². The van der Waals surface area contributed by atoms with Crippen molar-refractivity contribution in [1.82, 2.24) is 9.97 Å². The van der Waals surface area contributed by atoms with Crippen molar-refractivity contribution in [2.75, 3.05) is 16.6 Å². The molecule has 1 aromatic heterocycles. The first-order valence-electron chi connectivity index (χ1n) is 17.4. The van der Waals surface area contributed by atoms with Gasteiger partial charge in [-0.05, 0) is 56.7 Å². The van der Waals surface area contributed by atoms with Gasteiger partial charge in [-0.3, -0.25) is 0 Å². The van der Waals surface area contributed by atoms with Crippen LogP contribution in [0.3, 0.4) is 0 Å². The van der Waals surface area contributed by atoms with Crippen LogP contribution < -0.4 is 26.3 Å². The van der Waals surface area contributed by atoms with E-state index in [4.69, 9.17) is 10.1 Å². The fourth-order valence-corrected chi connectivity index (χ4v) is 7.31. The summed E-state index contributed by atoms with van der Waals surface area (Å²) in [5.41, 5.74) is 13.8. The highest BCUT2D eigenvalue weighted by Crippen LogP contribution is 2.27. The van der Waals surface area contributed by atoms with E-state index in [2.05, 4.69) is 151 Å². The summed E-state index contributed by atoms with van der Waals surface area (Å²) in [5.74, 6) is 1.65. The van der Waals surface area contributed by atoms with Crippen molar-refractivity contribution in [2.45, 2.75) is 20.8 Å². The number of amidine groups is 1. The molecule has 1 aliphatic rings. The number of hydrazone groups is 1. The summed E-state index contributed by atoms with van der Waals surface area (Å²) in [6.07, 6.45) is 1.85. The van der Waals surface area contributed by atoms with Crippen molar-refractivity contribution in [2.24, 2.45) is 5.10 Å². The van der Waals surface area contributed by atoms with Crippen LogP contribution in [0.1, 0.15) is 22.3 Å². The summed E-state index contributed by atoms with van der Waals surface area (Å²) in [6, 6.07) is 55.4. The van der Waals surface area contributed by atoms with Crippen molar-refractivity contribution in [3.8, 4) is 22.6 Å². The molecule has 0 amide bonds. The zero-order valence-electron chi connectivity index (χ0n) is 29.1. The second-order valence-electron chi connectivity index (χ2n) is 13.2. The van der Waals surface area contributed by atoms with Crippen molar-refractivity contribution in [1.29, 1.82) is 0 Å². The number of aromatic nitrogens is 2. The van der Waals surface area contributed by atoms with Gasteiger partial charge in [-0.25, -0.2) is 15.0 Å². The monoisotopic (exact) mass is 659 g/mol. The van der Waals surface area contributed by atoms with Crippen LogP contribution >= 0.6 is 0 Å². The molecular weight excluding hydrogens is 621 g/mol. The van der Waals surface area contributed by atoms with Gasteiger partial charge >= 0.3 is 0 Å². The van der Waals surface area contributed by atoms with E-state index in [1.54, 1.807) is 0 Å². The number of anilines is 2. The number of para-hydroxylation sites is 1. The Morgan fingerprint density at radius 3 is 1.84 bits per heavy atom. The van der Waals surface area contributed by atoms with Gasteiger partial charge in [0.2, 0.25) is 6.71 Å². The highest BCUT2D eigenvalue weighted by molar-refractivity contribution is 6.96. The Kier molecular flexibility index (Phi) is 8.73. The molecule has 6 heteroatoms. The Hall–Kier alpha value is -6.27. The zero-order chi connectivity index (χ0) is 34.7. The van der Waals surface area contributed by atoms with E-state index < -0.39 is 0 Å². The highest BCUT2D eigenvalue weighted by atomic mass is 15.6. The number of nitrogens with zero attached hydrogens (tertiary/aromatic N) is 5. The largest absolute Gasteiger partial charge is 0.304 e. The van der Waals surface area contributed by atoms with Crippen molar-refractivity contribution >= 4 is 40.3 Å². The first-order chi connectivity index (χ1) is 25.0. The SMILES string of the molecule is Cc1cc(C)c(B(c2cccc(-c3ccnc(-c4ccccc4)n3)c2)c2cccc(N3CN(c4ccccc4)C(c4ccccc4)=N3)c2)c(C)c1. The molecule has 0 fully saturated rings. The van der Waals surface area contributed by atoms with Gasteiger partial charge < -0.3 is 4.90 Å². The molecule has 5 nitrogen and oxygen atoms in total. The standard InChI is InChI=1S/C45H38BN5/c1-32-27-33(2)43(34(3)28-32)46(38-20-13-19-37(29-38)42-25-26-47-44(48-42)35-15-7-4-8-16-35)39-21-14-24-41(30-39)51-31-50(40-22-11-6-12-23-40)45(49-51)36-17-9-5-10-18-36/h4-30H,31H2,1-3H3. The van der Waals surface area contributed by atoms with Crippen LogP contribution in [0.5, 0.6) is 0 Å². The topological polar surface area (TPSA) is 44.6 Å². The van der Waals surface area contributed by atoms with Gasteiger partial charge in [-0.15, -0.1) is 0 Å². The Labute approximate surface area is 300 Å². The number of benzene rings is 6. The fourth-order valence-electron chi connectivity index (χ4n) is 7.31. The normalized spacial score (nSPS) is 12.6. The molecule has 1 aliphatic heterocycles. The molecule has 0 unspecified atom stereocenters. The van der Waals surface area contributed by atoms with Gasteiger partial charge in [0.05, 0.1) is 11.4 Å². The van der Waals surface area contributed by atoms with Crippen LogP contribution in [-0.4, -0.2) is 29.2 Å². The van der Waals surface area contributed by atoms with E-state index in [9.17, 15) is 0 Å². The van der Waals surface area contributed by atoms with Crippen molar-refractivity contribution < 1.29 is 0 Å². The fraction of sp³-hybridized carbons (Fsp3) is 0.0889.